The quantitative estimate of drug-likeness (QED) is 0.577. The van der Waals surface area contributed by atoms with Gasteiger partial charge in [-0.05, 0) is 23.3 Å². The second kappa shape index (κ2) is 8.42. The van der Waals surface area contributed by atoms with Gasteiger partial charge in [-0.2, -0.15) is 0 Å². The van der Waals surface area contributed by atoms with Crippen molar-refractivity contribution in [3.8, 4) is 0 Å². The summed E-state index contributed by atoms with van der Waals surface area (Å²) in [5.74, 6) is -1.17. The van der Waals surface area contributed by atoms with Gasteiger partial charge in [-0.25, -0.2) is 0 Å². The van der Waals surface area contributed by atoms with Crippen molar-refractivity contribution < 1.29 is 19.7 Å². The van der Waals surface area contributed by atoms with E-state index < -0.39 is 11.9 Å². The molecule has 2 rings (SSSR count). The molecule has 0 spiro atoms. The van der Waals surface area contributed by atoms with Crippen LogP contribution >= 0.6 is 0 Å². The molecule has 0 heterocycles. The van der Waals surface area contributed by atoms with E-state index in [4.69, 9.17) is 9.47 Å². The van der Waals surface area contributed by atoms with E-state index >= 15 is 0 Å². The smallest absolute Gasteiger partial charge is 0.0516 e. The van der Waals surface area contributed by atoms with Gasteiger partial charge in [-0.15, -0.1) is 0 Å². The number of allylic oxidation sites excluding steroid dienone is 2. The molecule has 0 radical (unpaired) electrons. The van der Waals surface area contributed by atoms with Crippen LogP contribution in [0.5, 0.6) is 0 Å². The predicted octanol–water partition coefficient (Wildman–Crippen LogP) is 1.82. The molecule has 0 aliphatic heterocycles. The van der Waals surface area contributed by atoms with E-state index in [0.29, 0.717) is 0 Å². The Balaban J connectivity index is 1.78. The van der Waals surface area contributed by atoms with Crippen molar-refractivity contribution in [2.24, 2.45) is 0 Å². The van der Waals surface area contributed by atoms with Gasteiger partial charge in [0.1, 0.15) is 0 Å². The van der Waals surface area contributed by atoms with Crippen molar-refractivity contribution >= 4 is 0 Å². The van der Waals surface area contributed by atoms with Crippen LogP contribution in [0.1, 0.15) is 11.1 Å². The molecule has 0 N–H and O–H groups in total. The zero-order valence-electron chi connectivity index (χ0n) is 12.0. The van der Waals surface area contributed by atoms with Crippen molar-refractivity contribution in [2.75, 3.05) is 0 Å². The van der Waals surface area contributed by atoms with Gasteiger partial charge in [0, 0.05) is 13.2 Å². The van der Waals surface area contributed by atoms with Gasteiger partial charge in [0.05, 0.1) is 11.9 Å². The van der Waals surface area contributed by atoms with E-state index in [-0.39, 0.29) is 13.2 Å². The summed E-state index contributed by atoms with van der Waals surface area (Å²) in [6.07, 6.45) is 2.13. The highest BCUT2D eigenvalue weighted by molar-refractivity contribution is 5.15. The summed E-state index contributed by atoms with van der Waals surface area (Å²) in [6.45, 7) is 0.339. The highest BCUT2D eigenvalue weighted by Gasteiger charge is 1.88. The van der Waals surface area contributed by atoms with Gasteiger partial charge in [0.2, 0.25) is 0 Å². The van der Waals surface area contributed by atoms with Crippen LogP contribution in [0.3, 0.4) is 0 Å². The van der Waals surface area contributed by atoms with Crippen LogP contribution in [-0.4, -0.2) is 0 Å². The first kappa shape index (κ1) is 15.5. The molecule has 4 nitrogen and oxygen atoms in total. The number of rotatable bonds is 7. The Morgan fingerprint density at radius 3 is 1.41 bits per heavy atom. The topological polar surface area (TPSA) is 64.6 Å². The van der Waals surface area contributed by atoms with Crippen molar-refractivity contribution in [2.45, 2.75) is 13.2 Å². The zero-order chi connectivity index (χ0) is 15.6. The first-order valence-corrected chi connectivity index (χ1v) is 6.83. The number of ether oxygens (including phenoxy) is 2. The first-order chi connectivity index (χ1) is 10.7. The third-order valence-electron chi connectivity index (χ3n) is 2.80. The molecule has 22 heavy (non-hydrogen) atoms. The maximum absolute atomic E-state index is 11.5. The predicted molar refractivity (Wildman–Crippen MR) is 78.6 cm³/mol. The van der Waals surface area contributed by atoms with Crippen molar-refractivity contribution in [1.82, 2.24) is 0 Å². The lowest BCUT2D eigenvalue weighted by Gasteiger charge is -2.17. The highest BCUT2D eigenvalue weighted by Crippen LogP contribution is 2.04. The first-order valence-electron chi connectivity index (χ1n) is 6.83. The minimum atomic E-state index is -0.583. The number of hydrogen-bond donors (Lipinski definition) is 0. The van der Waals surface area contributed by atoms with Crippen LogP contribution in [-0.2, 0) is 22.7 Å². The molecule has 0 aliphatic carbocycles. The van der Waals surface area contributed by atoms with Crippen LogP contribution in [0.15, 0.2) is 84.7 Å². The Morgan fingerprint density at radius 2 is 1.05 bits per heavy atom. The summed E-state index contributed by atoms with van der Waals surface area (Å²) < 4.78 is 10.0. The molecule has 0 saturated heterocycles. The summed E-state index contributed by atoms with van der Waals surface area (Å²) in [5.41, 5.74) is 1.77. The monoisotopic (exact) mass is 296 g/mol. The maximum atomic E-state index is 11.5. The van der Waals surface area contributed by atoms with Crippen LogP contribution < -0.4 is 10.2 Å². The molecular weight excluding hydrogens is 280 g/mol. The molecule has 4 heteroatoms. The van der Waals surface area contributed by atoms with Crippen LogP contribution in [0.25, 0.3) is 0 Å². The molecular formula is C18H16O4-2. The molecule has 0 aromatic heterocycles. The fourth-order valence-corrected chi connectivity index (χ4v) is 1.69. The van der Waals surface area contributed by atoms with Gasteiger partial charge in [-0.1, -0.05) is 60.7 Å². The van der Waals surface area contributed by atoms with Crippen LogP contribution in [0, 0.1) is 0 Å². The van der Waals surface area contributed by atoms with E-state index in [1.807, 2.05) is 60.7 Å². The Hall–Kier alpha value is -2.88. The lowest BCUT2D eigenvalue weighted by molar-refractivity contribution is -0.363. The Bertz CT molecular complexity index is 561. The summed E-state index contributed by atoms with van der Waals surface area (Å²) in [6, 6.07) is 18.6. The third-order valence-corrected chi connectivity index (χ3v) is 2.80. The molecule has 0 aliphatic rings. The third kappa shape index (κ3) is 5.63. The Labute approximate surface area is 129 Å². The van der Waals surface area contributed by atoms with Gasteiger partial charge in [-0.3, -0.25) is 0 Å². The molecule has 2 aromatic rings. The maximum Gasteiger partial charge on any atom is 0.0516 e. The zero-order valence-corrected chi connectivity index (χ0v) is 12.0. The summed E-state index contributed by atoms with van der Waals surface area (Å²) in [5, 5.41) is 23.0. The normalized spacial score (nSPS) is 12.0. The van der Waals surface area contributed by atoms with E-state index in [2.05, 4.69) is 0 Å². The fraction of sp³-hybridized carbons (Fsp3) is 0.111. The van der Waals surface area contributed by atoms with Crippen LogP contribution in [0.4, 0.5) is 0 Å². The largest absolute Gasteiger partial charge is 0.609 e. The Kier molecular flexibility index (Phi) is 5.93. The lowest BCUT2D eigenvalue weighted by atomic mass is 10.2. The van der Waals surface area contributed by atoms with Gasteiger partial charge in [0.15, 0.2) is 0 Å². The average Bonchev–Trinajstić information content (AvgIpc) is 2.58. The second-order valence-corrected chi connectivity index (χ2v) is 4.52. The fourth-order valence-electron chi connectivity index (χ4n) is 1.69. The molecule has 0 amide bonds. The molecule has 2 aromatic carbocycles. The average molecular weight is 296 g/mol. The van der Waals surface area contributed by atoms with Crippen molar-refractivity contribution in [1.29, 1.82) is 0 Å². The Morgan fingerprint density at radius 1 is 0.682 bits per heavy atom. The van der Waals surface area contributed by atoms with Crippen LogP contribution in [0.2, 0.25) is 0 Å². The summed E-state index contributed by atoms with van der Waals surface area (Å²) in [4.78, 5) is 0. The molecule has 0 bridgehead atoms. The SMILES string of the molecule is [O-]C(=CC=C([O-])OCc1ccccc1)OCc1ccccc1. The number of benzene rings is 2. The van der Waals surface area contributed by atoms with E-state index in [9.17, 15) is 10.2 Å². The second-order valence-electron chi connectivity index (χ2n) is 4.52. The minimum absolute atomic E-state index is 0.170. The van der Waals surface area contributed by atoms with E-state index in [1.54, 1.807) is 0 Å². The lowest BCUT2D eigenvalue weighted by Crippen LogP contribution is -2.10. The summed E-state index contributed by atoms with van der Waals surface area (Å²) >= 11 is 0. The number of hydrogen-bond acceptors (Lipinski definition) is 4. The highest BCUT2D eigenvalue weighted by atomic mass is 16.6. The van der Waals surface area contributed by atoms with Gasteiger partial charge < -0.3 is 19.7 Å². The molecule has 0 saturated carbocycles. The van der Waals surface area contributed by atoms with E-state index in [1.165, 1.54) is 0 Å². The molecule has 114 valence electrons. The molecule has 0 unspecified atom stereocenters. The molecule has 0 fully saturated rings. The summed E-state index contributed by atoms with van der Waals surface area (Å²) in [7, 11) is 0. The molecule has 0 atom stereocenters. The van der Waals surface area contributed by atoms with Crippen molar-refractivity contribution in [3.05, 3.63) is 95.8 Å². The van der Waals surface area contributed by atoms with E-state index in [0.717, 1.165) is 23.3 Å². The van der Waals surface area contributed by atoms with Crippen molar-refractivity contribution in [3.63, 3.8) is 0 Å². The standard InChI is InChI=1S/C18H18O4/c19-17(21-13-15-7-3-1-4-8-15)11-12-18(20)22-14-16-9-5-2-6-10-16/h1-12,19-20H,13-14H2/p-2. The minimum Gasteiger partial charge on any atom is -0.609 e. The van der Waals surface area contributed by atoms with Gasteiger partial charge in [0.25, 0.3) is 0 Å². The van der Waals surface area contributed by atoms with Gasteiger partial charge >= 0.3 is 0 Å².